The number of hydrogen-bond donors (Lipinski definition) is 0. The molecule has 0 saturated heterocycles. The van der Waals surface area contributed by atoms with Crippen molar-refractivity contribution in [2.45, 2.75) is 0 Å². The standard InChI is InChI=1S/C9H10O5/c1-3-8(11)13-5-7(10)6-14-9(12)4-2/h3-4H,1-2,5-6H2. The van der Waals surface area contributed by atoms with Crippen LogP contribution in [0.4, 0.5) is 0 Å². The maximum atomic E-state index is 10.9. The molecule has 0 aliphatic carbocycles. The summed E-state index contributed by atoms with van der Waals surface area (Å²) in [6, 6.07) is 0. The van der Waals surface area contributed by atoms with Gasteiger partial charge >= 0.3 is 11.9 Å². The molecule has 14 heavy (non-hydrogen) atoms. The minimum atomic E-state index is -0.701. The molecule has 0 saturated carbocycles. The van der Waals surface area contributed by atoms with E-state index in [1.54, 1.807) is 0 Å². The lowest BCUT2D eigenvalue weighted by atomic mass is 10.4. The van der Waals surface area contributed by atoms with E-state index in [-0.39, 0.29) is 0 Å². The van der Waals surface area contributed by atoms with Crippen LogP contribution in [0.5, 0.6) is 0 Å². The minimum absolute atomic E-state index is 0.435. The summed E-state index contributed by atoms with van der Waals surface area (Å²) in [4.78, 5) is 31.8. The van der Waals surface area contributed by atoms with Crippen molar-refractivity contribution >= 4 is 17.7 Å². The first kappa shape index (κ1) is 12.1. The number of esters is 2. The highest BCUT2D eigenvalue weighted by Crippen LogP contribution is 1.85. The number of ether oxygens (including phenoxy) is 2. The van der Waals surface area contributed by atoms with Crippen molar-refractivity contribution in [2.24, 2.45) is 0 Å². The molecular formula is C9H10O5. The molecule has 0 heterocycles. The molecule has 0 aromatic rings. The van der Waals surface area contributed by atoms with Gasteiger partial charge in [-0.3, -0.25) is 4.79 Å². The Hall–Kier alpha value is -1.91. The Morgan fingerprint density at radius 1 is 0.929 bits per heavy atom. The zero-order valence-electron chi connectivity index (χ0n) is 7.52. The van der Waals surface area contributed by atoms with Gasteiger partial charge in [0, 0.05) is 12.2 Å². The Balaban J connectivity index is 3.66. The Morgan fingerprint density at radius 2 is 1.29 bits per heavy atom. The van der Waals surface area contributed by atoms with Gasteiger partial charge in [0.2, 0.25) is 5.78 Å². The van der Waals surface area contributed by atoms with Crippen molar-refractivity contribution in [1.29, 1.82) is 0 Å². The first-order valence-corrected chi connectivity index (χ1v) is 3.70. The number of ketones is 1. The van der Waals surface area contributed by atoms with E-state index in [1.165, 1.54) is 0 Å². The SMILES string of the molecule is C=CC(=O)OCC(=O)COC(=O)C=C. The lowest BCUT2D eigenvalue weighted by molar-refractivity contribution is -0.148. The first-order chi connectivity index (χ1) is 6.60. The van der Waals surface area contributed by atoms with E-state index in [4.69, 9.17) is 0 Å². The normalized spacial score (nSPS) is 8.57. The van der Waals surface area contributed by atoms with Crippen LogP contribution in [-0.4, -0.2) is 30.9 Å². The number of carbonyl (C=O) groups excluding carboxylic acids is 3. The summed E-state index contributed by atoms with van der Waals surface area (Å²) in [6.07, 6.45) is 1.87. The van der Waals surface area contributed by atoms with Crippen molar-refractivity contribution in [3.8, 4) is 0 Å². The van der Waals surface area contributed by atoms with Gasteiger partial charge in [-0.15, -0.1) is 0 Å². The largest absolute Gasteiger partial charge is 0.454 e. The van der Waals surface area contributed by atoms with E-state index in [9.17, 15) is 14.4 Å². The molecule has 0 aliphatic heterocycles. The molecule has 0 radical (unpaired) electrons. The van der Waals surface area contributed by atoms with E-state index < -0.39 is 30.9 Å². The van der Waals surface area contributed by atoms with Gasteiger partial charge in [0.05, 0.1) is 0 Å². The molecule has 0 N–H and O–H groups in total. The van der Waals surface area contributed by atoms with Crippen LogP contribution in [0.25, 0.3) is 0 Å². The molecule has 5 heteroatoms. The van der Waals surface area contributed by atoms with Crippen molar-refractivity contribution in [2.75, 3.05) is 13.2 Å². The molecule has 76 valence electrons. The third kappa shape index (κ3) is 5.70. The highest BCUT2D eigenvalue weighted by molar-refractivity contribution is 5.89. The molecule has 5 nitrogen and oxygen atoms in total. The van der Waals surface area contributed by atoms with Crippen LogP contribution in [0, 0.1) is 0 Å². The van der Waals surface area contributed by atoms with E-state index in [2.05, 4.69) is 22.6 Å². The van der Waals surface area contributed by atoms with Gasteiger partial charge in [-0.2, -0.15) is 0 Å². The second-order valence-corrected chi connectivity index (χ2v) is 2.16. The fraction of sp³-hybridized carbons (Fsp3) is 0.222. The van der Waals surface area contributed by atoms with E-state index in [0.29, 0.717) is 0 Å². The summed E-state index contributed by atoms with van der Waals surface area (Å²) in [5, 5.41) is 0. The van der Waals surface area contributed by atoms with E-state index >= 15 is 0 Å². The third-order valence-electron chi connectivity index (χ3n) is 1.08. The molecule has 0 atom stereocenters. The summed E-state index contributed by atoms with van der Waals surface area (Å²) in [5.74, 6) is -1.92. The molecule has 0 spiro atoms. The van der Waals surface area contributed by atoms with Gasteiger partial charge in [-0.25, -0.2) is 9.59 Å². The van der Waals surface area contributed by atoms with Crippen molar-refractivity contribution in [1.82, 2.24) is 0 Å². The van der Waals surface area contributed by atoms with Crippen molar-refractivity contribution in [3.63, 3.8) is 0 Å². The Bertz CT molecular complexity index is 240. The fourth-order valence-corrected chi connectivity index (χ4v) is 0.463. The lowest BCUT2D eigenvalue weighted by Gasteiger charge is -2.01. The Labute approximate surface area is 81.0 Å². The van der Waals surface area contributed by atoms with Gasteiger partial charge in [-0.05, 0) is 0 Å². The van der Waals surface area contributed by atoms with Crippen LogP contribution in [0.1, 0.15) is 0 Å². The minimum Gasteiger partial charge on any atom is -0.454 e. The summed E-state index contributed by atoms with van der Waals surface area (Å²) in [7, 11) is 0. The summed E-state index contributed by atoms with van der Waals surface area (Å²) < 4.78 is 8.79. The second kappa shape index (κ2) is 6.59. The van der Waals surface area contributed by atoms with Crippen LogP contribution in [0.15, 0.2) is 25.3 Å². The maximum absolute atomic E-state index is 10.9. The number of carbonyl (C=O) groups is 3. The fourth-order valence-electron chi connectivity index (χ4n) is 0.463. The smallest absolute Gasteiger partial charge is 0.330 e. The number of rotatable bonds is 6. The Kier molecular flexibility index (Phi) is 5.69. The molecular weight excluding hydrogens is 188 g/mol. The van der Waals surface area contributed by atoms with Crippen molar-refractivity contribution in [3.05, 3.63) is 25.3 Å². The highest BCUT2D eigenvalue weighted by atomic mass is 16.5. The second-order valence-electron chi connectivity index (χ2n) is 2.16. The summed E-state index contributed by atoms with van der Waals surface area (Å²) in [5.41, 5.74) is 0. The van der Waals surface area contributed by atoms with E-state index in [1.807, 2.05) is 0 Å². The van der Waals surface area contributed by atoms with Gasteiger partial charge < -0.3 is 9.47 Å². The third-order valence-corrected chi connectivity index (χ3v) is 1.08. The average Bonchev–Trinajstić information content (AvgIpc) is 2.22. The van der Waals surface area contributed by atoms with Crippen molar-refractivity contribution < 1.29 is 23.9 Å². The van der Waals surface area contributed by atoms with Crippen LogP contribution in [0.3, 0.4) is 0 Å². The highest BCUT2D eigenvalue weighted by Gasteiger charge is 2.06. The predicted molar refractivity (Wildman–Crippen MR) is 47.3 cm³/mol. The molecule has 0 amide bonds. The monoisotopic (exact) mass is 198 g/mol. The van der Waals surface area contributed by atoms with Crippen LogP contribution in [0.2, 0.25) is 0 Å². The molecule has 0 rings (SSSR count). The van der Waals surface area contributed by atoms with Gasteiger partial charge in [0.15, 0.2) is 13.2 Å². The molecule has 0 unspecified atom stereocenters. The van der Waals surface area contributed by atoms with Crippen LogP contribution in [-0.2, 0) is 23.9 Å². The van der Waals surface area contributed by atoms with E-state index in [0.717, 1.165) is 12.2 Å². The van der Waals surface area contributed by atoms with Gasteiger partial charge in [0.1, 0.15) is 0 Å². The van der Waals surface area contributed by atoms with Gasteiger partial charge in [0.25, 0.3) is 0 Å². The molecule has 0 bridgehead atoms. The van der Waals surface area contributed by atoms with Crippen LogP contribution < -0.4 is 0 Å². The quantitative estimate of drug-likeness (QED) is 0.444. The number of Topliss-reactive ketones (excluding diaryl/α,β-unsaturated/α-hetero) is 1. The number of hydrogen-bond acceptors (Lipinski definition) is 5. The molecule has 0 aromatic heterocycles. The zero-order chi connectivity index (χ0) is 11.0. The van der Waals surface area contributed by atoms with Crippen LogP contribution >= 0.6 is 0 Å². The topological polar surface area (TPSA) is 69.7 Å². The molecule has 0 aliphatic rings. The maximum Gasteiger partial charge on any atom is 0.330 e. The summed E-state index contributed by atoms with van der Waals surface area (Å²) >= 11 is 0. The molecule has 0 aromatic carbocycles. The lowest BCUT2D eigenvalue weighted by Crippen LogP contribution is -2.19. The molecule has 0 fully saturated rings. The zero-order valence-corrected chi connectivity index (χ0v) is 7.52. The Morgan fingerprint density at radius 3 is 1.57 bits per heavy atom. The summed E-state index contributed by atoms with van der Waals surface area (Å²) in [6.45, 7) is 5.41. The average molecular weight is 198 g/mol. The predicted octanol–water partition coefficient (Wildman–Crippen LogP) is 0.0139. The van der Waals surface area contributed by atoms with Gasteiger partial charge in [-0.1, -0.05) is 13.2 Å². The first-order valence-electron chi connectivity index (χ1n) is 3.70.